The van der Waals surface area contributed by atoms with E-state index in [1.807, 2.05) is 20.8 Å². The molecule has 0 rings (SSSR count). The molecule has 80 valence electrons. The van der Waals surface area contributed by atoms with Crippen molar-refractivity contribution in [3.8, 4) is 0 Å². The minimum atomic E-state index is -0.358. The van der Waals surface area contributed by atoms with Gasteiger partial charge in [-0.25, -0.2) is 0 Å². The fraction of sp³-hybridized carbons (Fsp3) is 0.727. The van der Waals surface area contributed by atoms with Crippen LogP contribution in [0.4, 0.5) is 0 Å². The van der Waals surface area contributed by atoms with Crippen LogP contribution in [0.15, 0.2) is 12.7 Å². The van der Waals surface area contributed by atoms with Crippen LogP contribution in [0.3, 0.4) is 0 Å². The van der Waals surface area contributed by atoms with E-state index in [-0.39, 0.29) is 26.2 Å². The highest BCUT2D eigenvalue weighted by Gasteiger charge is 2.26. The van der Waals surface area contributed by atoms with Crippen molar-refractivity contribution in [2.75, 3.05) is 6.61 Å². The van der Waals surface area contributed by atoms with E-state index < -0.39 is 0 Å². The zero-order valence-electron chi connectivity index (χ0n) is 7.52. The Kier molecular flexibility index (Phi) is 10.9. The summed E-state index contributed by atoms with van der Waals surface area (Å²) < 4.78 is 4.89. The minimum absolute atomic E-state index is 0. The Morgan fingerprint density at radius 3 is 2.23 bits per heavy atom. The molecule has 0 amide bonds. The average Bonchev–Trinajstić information content (AvgIpc) is 2.00. The molecule has 0 saturated heterocycles. The van der Waals surface area contributed by atoms with Crippen LogP contribution in [0.25, 0.3) is 0 Å². The third-order valence-electron chi connectivity index (χ3n) is 1.77. The molecule has 0 aromatic rings. The summed E-state index contributed by atoms with van der Waals surface area (Å²) in [7, 11) is 0. The maximum atomic E-state index is 11.2. The molecule has 0 atom stereocenters. The fourth-order valence-corrected chi connectivity index (χ4v) is 0.474. The van der Waals surface area contributed by atoms with Crippen LogP contribution < -0.4 is 0 Å². The zero-order chi connectivity index (χ0) is 8.91. The van der Waals surface area contributed by atoms with E-state index in [0.29, 0.717) is 6.61 Å². The first-order valence-electron chi connectivity index (χ1n) is 3.82. The molecule has 0 aliphatic carbocycles. The van der Waals surface area contributed by atoms with Crippen molar-refractivity contribution in [1.82, 2.24) is 0 Å². The topological polar surface area (TPSA) is 26.3 Å². The quantitative estimate of drug-likeness (QED) is 0.499. The van der Waals surface area contributed by atoms with Crippen molar-refractivity contribution >= 4 is 5.97 Å². The molecule has 2 heteroatoms. The van der Waals surface area contributed by atoms with E-state index in [2.05, 4.69) is 6.58 Å². The summed E-state index contributed by atoms with van der Waals surface area (Å²) in [6.45, 7) is 9.49. The summed E-state index contributed by atoms with van der Waals surface area (Å²) in [6.07, 6.45) is 2.37. The molecule has 0 spiro atoms. The summed E-state index contributed by atoms with van der Waals surface area (Å²) in [6, 6.07) is 0. The molecule has 0 aromatic heterocycles. The van der Waals surface area contributed by atoms with Gasteiger partial charge >= 0.3 is 5.97 Å². The Morgan fingerprint density at radius 1 is 1.46 bits per heavy atom. The Balaban J connectivity index is -0.000000500. The lowest BCUT2D eigenvalue weighted by Crippen LogP contribution is -2.25. The molecule has 0 radical (unpaired) electrons. The number of hydrogen-bond acceptors (Lipinski definition) is 2. The molecule has 0 saturated carbocycles. The second kappa shape index (κ2) is 7.84. The van der Waals surface area contributed by atoms with Gasteiger partial charge in [-0.1, -0.05) is 34.4 Å². The van der Waals surface area contributed by atoms with E-state index in [1.54, 1.807) is 6.08 Å². The molecule has 0 N–H and O–H groups in total. The second-order valence-electron chi connectivity index (χ2n) is 3.12. The van der Waals surface area contributed by atoms with Crippen molar-refractivity contribution in [3.05, 3.63) is 12.7 Å². The van der Waals surface area contributed by atoms with Crippen LogP contribution in [0, 0.1) is 5.41 Å². The Labute approximate surface area is 83.0 Å². The number of rotatable bonds is 4. The van der Waals surface area contributed by atoms with Crippen LogP contribution in [-0.2, 0) is 9.53 Å². The predicted molar refractivity (Wildman–Crippen MR) is 58.7 cm³/mol. The van der Waals surface area contributed by atoms with Gasteiger partial charge in [0.15, 0.2) is 0 Å². The van der Waals surface area contributed by atoms with Crippen molar-refractivity contribution in [2.45, 2.75) is 42.0 Å². The van der Waals surface area contributed by atoms with Crippen LogP contribution >= 0.6 is 0 Å². The molecule has 0 heterocycles. The highest BCUT2D eigenvalue weighted by molar-refractivity contribution is 5.75. The zero-order valence-corrected chi connectivity index (χ0v) is 7.52. The van der Waals surface area contributed by atoms with Gasteiger partial charge in [-0.15, -0.1) is 0 Å². The van der Waals surface area contributed by atoms with Gasteiger partial charge in [-0.05, 0) is 20.3 Å². The molecule has 2 nitrogen and oxygen atoms in total. The Morgan fingerprint density at radius 2 is 1.92 bits per heavy atom. The van der Waals surface area contributed by atoms with Gasteiger partial charge in [0, 0.05) is 0 Å². The van der Waals surface area contributed by atoms with Gasteiger partial charge in [0.1, 0.15) is 6.61 Å². The normalized spacial score (nSPS) is 9.15. The third kappa shape index (κ3) is 6.38. The summed E-state index contributed by atoms with van der Waals surface area (Å²) in [5, 5.41) is 0. The van der Waals surface area contributed by atoms with Gasteiger partial charge in [-0.3, -0.25) is 4.79 Å². The molecule has 0 unspecified atom stereocenters. The molecule has 0 aliphatic heterocycles. The number of carbonyl (C=O) groups is 1. The van der Waals surface area contributed by atoms with E-state index >= 15 is 0 Å². The van der Waals surface area contributed by atoms with Crippen molar-refractivity contribution < 1.29 is 9.53 Å². The molecule has 0 bridgehead atoms. The lowest BCUT2D eigenvalue weighted by molar-refractivity contribution is -0.152. The Bertz CT molecular complexity index is 148. The number of ether oxygens (including phenoxy) is 1. The lowest BCUT2D eigenvalue weighted by atomic mass is 9.91. The average molecular weight is 188 g/mol. The molecule has 0 aliphatic rings. The minimum Gasteiger partial charge on any atom is -0.461 e. The summed E-state index contributed by atoms with van der Waals surface area (Å²) >= 11 is 0. The monoisotopic (exact) mass is 188 g/mol. The first-order chi connectivity index (χ1) is 5.04. The van der Waals surface area contributed by atoms with E-state index in [9.17, 15) is 4.79 Å². The first kappa shape index (κ1) is 18.1. The fourth-order valence-electron chi connectivity index (χ4n) is 0.474. The summed E-state index contributed by atoms with van der Waals surface area (Å²) in [5.41, 5.74) is -0.358. The van der Waals surface area contributed by atoms with Gasteiger partial charge in [0.2, 0.25) is 0 Å². The summed E-state index contributed by atoms with van der Waals surface area (Å²) in [4.78, 5) is 11.2. The van der Waals surface area contributed by atoms with E-state index in [1.165, 1.54) is 0 Å². The maximum absolute atomic E-state index is 11.2. The molecule has 13 heavy (non-hydrogen) atoms. The van der Waals surface area contributed by atoms with Gasteiger partial charge < -0.3 is 4.74 Å². The molecular weight excluding hydrogens is 164 g/mol. The predicted octanol–water partition coefficient (Wildman–Crippen LogP) is 3.42. The van der Waals surface area contributed by atoms with Crippen LogP contribution in [0.5, 0.6) is 0 Å². The van der Waals surface area contributed by atoms with Gasteiger partial charge in [-0.2, -0.15) is 0 Å². The highest BCUT2D eigenvalue weighted by Crippen LogP contribution is 2.21. The third-order valence-corrected chi connectivity index (χ3v) is 1.77. The first-order valence-corrected chi connectivity index (χ1v) is 3.82. The summed E-state index contributed by atoms with van der Waals surface area (Å²) in [5.74, 6) is -0.153. The van der Waals surface area contributed by atoms with E-state index in [0.717, 1.165) is 6.42 Å². The van der Waals surface area contributed by atoms with Gasteiger partial charge in [0.25, 0.3) is 0 Å². The maximum Gasteiger partial charge on any atom is 0.311 e. The van der Waals surface area contributed by atoms with Gasteiger partial charge in [0.05, 0.1) is 5.41 Å². The number of hydrogen-bond donors (Lipinski definition) is 0. The highest BCUT2D eigenvalue weighted by atomic mass is 16.5. The van der Waals surface area contributed by atoms with Crippen molar-refractivity contribution in [3.63, 3.8) is 0 Å². The number of carbonyl (C=O) groups excluding carboxylic acids is 1. The van der Waals surface area contributed by atoms with Crippen molar-refractivity contribution in [1.29, 1.82) is 0 Å². The molecule has 0 fully saturated rings. The number of esters is 1. The van der Waals surface area contributed by atoms with Crippen LogP contribution in [0.2, 0.25) is 0 Å². The molecule has 0 aromatic carbocycles. The second-order valence-corrected chi connectivity index (χ2v) is 3.12. The van der Waals surface area contributed by atoms with E-state index in [4.69, 9.17) is 4.74 Å². The van der Waals surface area contributed by atoms with Crippen LogP contribution in [-0.4, -0.2) is 12.6 Å². The standard InChI is InChI=1S/C9H16O2.2CH4/c1-5-7-11-8(10)9(3,4)6-2;;/h5H,1,6-7H2,2-4H3;2*1H4. The SMILES string of the molecule is C.C.C=CCOC(=O)C(C)(C)CC. The Hall–Kier alpha value is -0.790. The largest absolute Gasteiger partial charge is 0.461 e. The smallest absolute Gasteiger partial charge is 0.311 e. The molecular formula is C11H24O2. The lowest BCUT2D eigenvalue weighted by Gasteiger charge is -2.19. The van der Waals surface area contributed by atoms with Crippen molar-refractivity contribution in [2.24, 2.45) is 5.41 Å². The van der Waals surface area contributed by atoms with Crippen LogP contribution in [0.1, 0.15) is 42.0 Å².